The highest BCUT2D eigenvalue weighted by Gasteiger charge is 2.18. The fourth-order valence-corrected chi connectivity index (χ4v) is 3.74. The maximum atomic E-state index is 12.6. The van der Waals surface area contributed by atoms with Gasteiger partial charge in [0.25, 0.3) is 5.91 Å². The zero-order valence-electron chi connectivity index (χ0n) is 15.5. The van der Waals surface area contributed by atoms with Gasteiger partial charge in [0.15, 0.2) is 5.58 Å². The van der Waals surface area contributed by atoms with Crippen LogP contribution in [0, 0.1) is 6.92 Å². The van der Waals surface area contributed by atoms with Gasteiger partial charge in [-0.3, -0.25) is 9.36 Å². The Hall–Kier alpha value is -2.82. The molecule has 1 N–H and O–H groups in total. The van der Waals surface area contributed by atoms with Gasteiger partial charge in [-0.05, 0) is 43.5 Å². The zero-order chi connectivity index (χ0) is 18.8. The first-order valence-corrected chi connectivity index (χ1v) is 9.60. The molecule has 4 rings (SSSR count). The van der Waals surface area contributed by atoms with Crippen LogP contribution in [0.4, 0.5) is 0 Å². The molecule has 1 aliphatic rings. The summed E-state index contributed by atoms with van der Waals surface area (Å²) in [5, 5.41) is 3.13. The molecule has 1 fully saturated rings. The molecule has 0 bridgehead atoms. The number of amides is 1. The number of benzene rings is 2. The van der Waals surface area contributed by atoms with Crippen molar-refractivity contribution in [2.45, 2.75) is 51.6 Å². The number of nitrogens with one attached hydrogen (secondary N) is 1. The number of aryl methyl sites for hydroxylation is 1. The van der Waals surface area contributed by atoms with Crippen molar-refractivity contribution in [3.8, 4) is 0 Å². The molecule has 0 saturated heterocycles. The second kappa shape index (κ2) is 7.43. The average Bonchev–Trinajstić information content (AvgIpc) is 2.99. The fraction of sp³-hybridized carbons (Fsp3) is 0.364. The molecule has 3 aromatic rings. The molecule has 0 unspecified atom stereocenters. The molecule has 140 valence electrons. The minimum atomic E-state index is -0.407. The number of oxazole rings is 1. The van der Waals surface area contributed by atoms with Crippen LogP contribution in [0.3, 0.4) is 0 Å². The lowest BCUT2D eigenvalue weighted by molar-refractivity contribution is 0.0928. The maximum Gasteiger partial charge on any atom is 0.420 e. The third-order valence-electron chi connectivity index (χ3n) is 5.33. The molecule has 5 nitrogen and oxygen atoms in total. The number of rotatable bonds is 4. The highest BCUT2D eigenvalue weighted by Crippen LogP contribution is 2.20. The van der Waals surface area contributed by atoms with E-state index < -0.39 is 5.76 Å². The summed E-state index contributed by atoms with van der Waals surface area (Å²) >= 11 is 0. The number of nitrogens with zero attached hydrogens (tertiary/aromatic N) is 1. The summed E-state index contributed by atoms with van der Waals surface area (Å²) in [6.07, 6.45) is 5.66. The largest absolute Gasteiger partial charge is 0.420 e. The Bertz CT molecular complexity index is 1010. The van der Waals surface area contributed by atoms with Crippen LogP contribution >= 0.6 is 0 Å². The van der Waals surface area contributed by atoms with Gasteiger partial charge < -0.3 is 9.73 Å². The van der Waals surface area contributed by atoms with Gasteiger partial charge in [0.1, 0.15) is 0 Å². The predicted molar refractivity (Wildman–Crippen MR) is 105 cm³/mol. The van der Waals surface area contributed by atoms with E-state index in [9.17, 15) is 9.59 Å². The van der Waals surface area contributed by atoms with E-state index in [2.05, 4.69) is 5.32 Å². The zero-order valence-corrected chi connectivity index (χ0v) is 15.5. The first-order chi connectivity index (χ1) is 13.1. The Kier molecular flexibility index (Phi) is 4.84. The van der Waals surface area contributed by atoms with Crippen molar-refractivity contribution < 1.29 is 9.21 Å². The summed E-state index contributed by atoms with van der Waals surface area (Å²) in [4.78, 5) is 24.9. The maximum absolute atomic E-state index is 12.6. The SMILES string of the molecule is Cc1ccc(Cn2c(=O)oc3ccc(C(=O)NC4CCCCC4)cc32)cc1. The lowest BCUT2D eigenvalue weighted by atomic mass is 9.95. The molecule has 1 amide bonds. The Balaban J connectivity index is 1.61. The van der Waals surface area contributed by atoms with Crippen LogP contribution in [-0.2, 0) is 6.54 Å². The van der Waals surface area contributed by atoms with E-state index in [1.165, 1.54) is 24.8 Å². The normalized spacial score (nSPS) is 15.1. The number of fused-ring (bicyclic) bond motifs is 1. The van der Waals surface area contributed by atoms with Crippen LogP contribution < -0.4 is 11.1 Å². The van der Waals surface area contributed by atoms with Crippen LogP contribution in [0.15, 0.2) is 51.7 Å². The number of hydrogen-bond acceptors (Lipinski definition) is 3. The van der Waals surface area contributed by atoms with Gasteiger partial charge in [-0.15, -0.1) is 0 Å². The average molecular weight is 364 g/mol. The molecule has 0 atom stereocenters. The first kappa shape index (κ1) is 17.6. The summed E-state index contributed by atoms with van der Waals surface area (Å²) in [7, 11) is 0. The Morgan fingerprint density at radius 3 is 2.59 bits per heavy atom. The van der Waals surface area contributed by atoms with Gasteiger partial charge >= 0.3 is 5.76 Å². The third-order valence-corrected chi connectivity index (χ3v) is 5.33. The quantitative estimate of drug-likeness (QED) is 0.761. The van der Waals surface area contributed by atoms with Gasteiger partial charge in [-0.1, -0.05) is 49.1 Å². The molecule has 27 heavy (non-hydrogen) atoms. The topological polar surface area (TPSA) is 64.2 Å². The third kappa shape index (κ3) is 3.82. The number of hydrogen-bond donors (Lipinski definition) is 1. The lowest BCUT2D eigenvalue weighted by Crippen LogP contribution is -2.36. The van der Waals surface area contributed by atoms with Crippen molar-refractivity contribution in [1.82, 2.24) is 9.88 Å². The van der Waals surface area contributed by atoms with Gasteiger partial charge in [0, 0.05) is 11.6 Å². The van der Waals surface area contributed by atoms with E-state index in [1.54, 1.807) is 22.8 Å². The monoisotopic (exact) mass is 364 g/mol. The highest BCUT2D eigenvalue weighted by molar-refractivity contribution is 5.97. The molecule has 2 aromatic carbocycles. The minimum Gasteiger partial charge on any atom is -0.408 e. The summed E-state index contributed by atoms with van der Waals surface area (Å²) in [6.45, 7) is 2.44. The van der Waals surface area contributed by atoms with E-state index in [1.807, 2.05) is 31.2 Å². The van der Waals surface area contributed by atoms with E-state index in [4.69, 9.17) is 4.42 Å². The van der Waals surface area contributed by atoms with Crippen LogP contribution in [0.1, 0.15) is 53.6 Å². The Morgan fingerprint density at radius 1 is 1.11 bits per heavy atom. The predicted octanol–water partition coefficient (Wildman–Crippen LogP) is 4.01. The fourth-order valence-electron chi connectivity index (χ4n) is 3.74. The van der Waals surface area contributed by atoms with Gasteiger partial charge in [-0.25, -0.2) is 4.79 Å². The van der Waals surface area contributed by atoms with E-state index in [0.717, 1.165) is 18.4 Å². The highest BCUT2D eigenvalue weighted by atomic mass is 16.4. The summed E-state index contributed by atoms with van der Waals surface area (Å²) < 4.78 is 6.94. The molecule has 1 aliphatic carbocycles. The molecule has 1 heterocycles. The second-order valence-corrected chi connectivity index (χ2v) is 7.43. The van der Waals surface area contributed by atoms with Crippen molar-refractivity contribution in [3.63, 3.8) is 0 Å². The van der Waals surface area contributed by atoms with Crippen molar-refractivity contribution in [1.29, 1.82) is 0 Å². The van der Waals surface area contributed by atoms with Crippen molar-refractivity contribution in [2.75, 3.05) is 0 Å². The van der Waals surface area contributed by atoms with Crippen molar-refractivity contribution in [3.05, 3.63) is 69.7 Å². The minimum absolute atomic E-state index is 0.0839. The Labute approximate surface area is 158 Å². The lowest BCUT2D eigenvalue weighted by Gasteiger charge is -2.22. The number of aromatic nitrogens is 1. The van der Waals surface area contributed by atoms with E-state index >= 15 is 0 Å². The van der Waals surface area contributed by atoms with E-state index in [-0.39, 0.29) is 11.9 Å². The number of carbonyl (C=O) groups is 1. The van der Waals surface area contributed by atoms with Crippen LogP contribution in [0.25, 0.3) is 11.1 Å². The van der Waals surface area contributed by atoms with Crippen LogP contribution in [0.2, 0.25) is 0 Å². The van der Waals surface area contributed by atoms with Crippen molar-refractivity contribution >= 4 is 17.0 Å². The molecule has 0 spiro atoms. The smallest absolute Gasteiger partial charge is 0.408 e. The van der Waals surface area contributed by atoms with Crippen LogP contribution in [0.5, 0.6) is 0 Å². The van der Waals surface area contributed by atoms with Gasteiger partial charge in [-0.2, -0.15) is 0 Å². The molecular weight excluding hydrogens is 340 g/mol. The summed E-state index contributed by atoms with van der Waals surface area (Å²) in [5.74, 6) is -0.491. The van der Waals surface area contributed by atoms with Crippen LogP contribution in [-0.4, -0.2) is 16.5 Å². The van der Waals surface area contributed by atoms with Gasteiger partial charge in [0.2, 0.25) is 0 Å². The molecule has 1 saturated carbocycles. The standard InChI is InChI=1S/C22H24N2O3/c1-15-7-9-16(10-8-15)14-24-19-13-17(11-12-20(19)27-22(24)26)21(25)23-18-5-3-2-4-6-18/h7-13,18H,2-6,14H2,1H3,(H,23,25). The first-order valence-electron chi connectivity index (χ1n) is 9.60. The van der Waals surface area contributed by atoms with E-state index in [0.29, 0.717) is 23.2 Å². The Morgan fingerprint density at radius 2 is 1.85 bits per heavy atom. The molecule has 0 radical (unpaired) electrons. The molecular formula is C22H24N2O3. The van der Waals surface area contributed by atoms with Crippen molar-refractivity contribution in [2.24, 2.45) is 0 Å². The summed E-state index contributed by atoms with van der Waals surface area (Å²) in [6, 6.07) is 13.5. The van der Waals surface area contributed by atoms with Gasteiger partial charge in [0.05, 0.1) is 12.1 Å². The second-order valence-electron chi connectivity index (χ2n) is 7.43. The molecule has 0 aliphatic heterocycles. The molecule has 5 heteroatoms. The number of carbonyl (C=O) groups excluding carboxylic acids is 1. The summed E-state index contributed by atoms with van der Waals surface area (Å²) in [5.41, 5.74) is 3.90. The molecule has 1 aromatic heterocycles.